The molecular formula is C34H45N7O7. The van der Waals surface area contributed by atoms with Crippen molar-refractivity contribution in [3.05, 3.63) is 36.4 Å². The van der Waals surface area contributed by atoms with Crippen LogP contribution in [-0.2, 0) is 19.1 Å². The molecule has 14 nitrogen and oxygen atoms in total. The summed E-state index contributed by atoms with van der Waals surface area (Å²) in [5.74, 6) is -0.681. The summed E-state index contributed by atoms with van der Waals surface area (Å²) < 4.78 is 11.3. The van der Waals surface area contributed by atoms with Gasteiger partial charge in [0.2, 0.25) is 17.6 Å². The minimum atomic E-state index is -1.43. The second kappa shape index (κ2) is 13.6. The number of benzene rings is 1. The van der Waals surface area contributed by atoms with E-state index < -0.39 is 53.1 Å². The van der Waals surface area contributed by atoms with Gasteiger partial charge in [-0.3, -0.25) is 9.59 Å². The van der Waals surface area contributed by atoms with Gasteiger partial charge in [0.05, 0.1) is 12.6 Å². The predicted octanol–water partition coefficient (Wildman–Crippen LogP) is 3.64. The molecule has 1 unspecified atom stereocenters. The average molecular weight is 664 g/mol. The van der Waals surface area contributed by atoms with Gasteiger partial charge in [0, 0.05) is 24.4 Å². The second-order valence-electron chi connectivity index (χ2n) is 14.4. The van der Waals surface area contributed by atoms with Crippen LogP contribution >= 0.6 is 0 Å². The first-order chi connectivity index (χ1) is 22.9. The highest BCUT2D eigenvalue weighted by molar-refractivity contribution is 5.96. The maximum Gasteiger partial charge on any atom is 0.408 e. The van der Waals surface area contributed by atoms with Crippen molar-refractivity contribution < 1.29 is 33.8 Å². The van der Waals surface area contributed by atoms with Crippen molar-refractivity contribution in [3.8, 4) is 17.1 Å². The lowest BCUT2D eigenvalue weighted by molar-refractivity contribution is -0.145. The van der Waals surface area contributed by atoms with E-state index >= 15 is 0 Å². The van der Waals surface area contributed by atoms with E-state index in [2.05, 4.69) is 26.0 Å². The lowest BCUT2D eigenvalue weighted by Gasteiger charge is -2.30. The van der Waals surface area contributed by atoms with E-state index in [1.165, 1.54) is 22.5 Å². The van der Waals surface area contributed by atoms with E-state index in [1.807, 2.05) is 36.4 Å². The molecule has 2 aliphatic carbocycles. The highest BCUT2D eigenvalue weighted by atomic mass is 16.6. The fourth-order valence-corrected chi connectivity index (χ4v) is 6.39. The molecule has 1 aromatic heterocycles. The summed E-state index contributed by atoms with van der Waals surface area (Å²) in [5.41, 5.74) is -1.46. The molecule has 3 heterocycles. The van der Waals surface area contributed by atoms with E-state index in [1.54, 1.807) is 20.8 Å². The molecule has 3 N–H and O–H groups in total. The van der Waals surface area contributed by atoms with Crippen molar-refractivity contribution in [3.63, 3.8) is 0 Å². The van der Waals surface area contributed by atoms with Crippen molar-refractivity contribution in [2.45, 2.75) is 108 Å². The van der Waals surface area contributed by atoms with Crippen molar-refractivity contribution in [2.75, 3.05) is 13.2 Å². The minimum absolute atomic E-state index is 0.0660. The van der Waals surface area contributed by atoms with Gasteiger partial charge in [0.15, 0.2) is 0 Å². The third kappa shape index (κ3) is 7.79. The lowest BCUT2D eigenvalue weighted by atomic mass is 10.0. The molecule has 1 aromatic carbocycles. The first-order valence-electron chi connectivity index (χ1n) is 17.0. The first-order valence-corrected chi connectivity index (χ1v) is 17.0. The quantitative estimate of drug-likeness (QED) is 0.371. The number of carboxylic acids is 1. The summed E-state index contributed by atoms with van der Waals surface area (Å²) in [6, 6.07) is 4.96. The molecule has 1 saturated heterocycles. The number of tetrazole rings is 1. The van der Waals surface area contributed by atoms with Crippen molar-refractivity contribution >= 4 is 23.9 Å². The molecule has 5 atom stereocenters. The van der Waals surface area contributed by atoms with Crippen LogP contribution in [0.3, 0.4) is 0 Å². The first kappa shape index (κ1) is 33.4. The molecule has 0 bridgehead atoms. The Bertz CT molecular complexity index is 1550. The number of hydrogen-bond donors (Lipinski definition) is 3. The summed E-state index contributed by atoms with van der Waals surface area (Å²) >= 11 is 0. The Balaban J connectivity index is 1.24. The number of ether oxygens (including phenoxy) is 2. The molecule has 3 amide bonds. The number of hydrogen-bond acceptors (Lipinski definition) is 9. The van der Waals surface area contributed by atoms with Crippen LogP contribution in [0.4, 0.5) is 4.79 Å². The number of nitrogens with one attached hydrogen (secondary N) is 2. The SMILES string of the molecule is CC(C)(C)OC(=O)N[C@@H]1CCCCC/C=C\[C@@H]2C[C@]2(C(=O)O)NC(=O)[C@@H]2CC(n3nnc(-c4ccc(OCC5CC5)cc4)n3)CN2C1=O. The van der Waals surface area contributed by atoms with Crippen molar-refractivity contribution in [1.29, 1.82) is 0 Å². The third-order valence-corrected chi connectivity index (χ3v) is 9.38. The zero-order valence-electron chi connectivity index (χ0n) is 27.8. The Hall–Kier alpha value is -4.49. The molecule has 3 fully saturated rings. The molecule has 0 spiro atoms. The Morgan fingerprint density at radius 1 is 1.10 bits per heavy atom. The van der Waals surface area contributed by atoms with Crippen LogP contribution < -0.4 is 15.4 Å². The Morgan fingerprint density at radius 2 is 1.88 bits per heavy atom. The van der Waals surface area contributed by atoms with E-state index in [9.17, 15) is 24.3 Å². The van der Waals surface area contributed by atoms with E-state index in [0.29, 0.717) is 31.2 Å². The van der Waals surface area contributed by atoms with Crippen molar-refractivity contribution in [2.24, 2.45) is 11.8 Å². The van der Waals surface area contributed by atoms with Gasteiger partial charge >= 0.3 is 12.1 Å². The van der Waals surface area contributed by atoms with E-state index in [-0.39, 0.29) is 25.3 Å². The Labute approximate surface area is 279 Å². The fourth-order valence-electron chi connectivity index (χ4n) is 6.39. The van der Waals surface area contributed by atoms with Crippen LogP contribution in [0.5, 0.6) is 5.75 Å². The van der Waals surface area contributed by atoms with E-state index in [0.717, 1.165) is 30.6 Å². The van der Waals surface area contributed by atoms with Gasteiger partial charge in [-0.15, -0.1) is 10.2 Å². The summed E-state index contributed by atoms with van der Waals surface area (Å²) in [4.78, 5) is 56.2. The lowest BCUT2D eigenvalue weighted by Crippen LogP contribution is -2.56. The van der Waals surface area contributed by atoms with Crippen LogP contribution in [0.2, 0.25) is 0 Å². The van der Waals surface area contributed by atoms with Gasteiger partial charge in [-0.25, -0.2) is 9.59 Å². The number of carbonyl (C=O) groups excluding carboxylic acids is 3. The summed E-state index contributed by atoms with van der Waals surface area (Å²) in [5, 5.41) is 28.7. The van der Waals surface area contributed by atoms with Gasteiger partial charge < -0.3 is 30.1 Å². The summed E-state index contributed by atoms with van der Waals surface area (Å²) in [7, 11) is 0. The number of nitrogens with zero attached hydrogens (tertiary/aromatic N) is 5. The highest BCUT2D eigenvalue weighted by Gasteiger charge is 2.61. The maximum atomic E-state index is 14.2. The topological polar surface area (TPSA) is 178 Å². The summed E-state index contributed by atoms with van der Waals surface area (Å²) in [6.07, 6.45) is 9.34. The van der Waals surface area contributed by atoms with Crippen molar-refractivity contribution in [1.82, 2.24) is 35.7 Å². The molecule has 2 aliphatic heterocycles. The number of fused-ring (bicyclic) bond motifs is 2. The number of carboxylic acid groups (broad SMARTS) is 1. The average Bonchev–Trinajstić information content (AvgIpc) is 3.87. The number of allylic oxidation sites excluding steroid dienone is 1. The standard InChI is InChI=1S/C34H45N7O7/c1-33(2,3)48-32(46)35-26-10-8-6-4-5-7-9-23-18-34(23,31(44)45)36-29(42)27-17-24(19-40(27)30(26)43)41-38-28(37-39-41)22-13-15-25(16-14-22)47-20-21-11-12-21/h7,9,13-16,21,23-24,26-27H,4-6,8,10-12,17-20H2,1-3H3,(H,35,46)(H,36,42)(H,44,45)/b9-7-/t23-,24?,26-,27+,34+/m1/s1. The van der Waals surface area contributed by atoms with Crippen LogP contribution in [-0.4, -0.2) is 90.5 Å². The minimum Gasteiger partial charge on any atom is -0.493 e. The molecule has 2 aromatic rings. The van der Waals surface area contributed by atoms with Crippen LogP contribution in [0.15, 0.2) is 36.4 Å². The molecule has 14 heteroatoms. The third-order valence-electron chi connectivity index (χ3n) is 9.38. The molecule has 4 aliphatic rings. The Kier molecular flexibility index (Phi) is 9.44. The number of aliphatic carboxylic acids is 1. The molecule has 6 rings (SSSR count). The normalized spacial score (nSPS) is 28.6. The van der Waals surface area contributed by atoms with Gasteiger partial charge in [-0.1, -0.05) is 25.0 Å². The largest absolute Gasteiger partial charge is 0.493 e. The van der Waals surface area contributed by atoms with Gasteiger partial charge in [0.25, 0.3) is 0 Å². The zero-order chi connectivity index (χ0) is 34.1. The molecule has 258 valence electrons. The molecule has 48 heavy (non-hydrogen) atoms. The second-order valence-corrected chi connectivity index (χ2v) is 14.4. The number of alkyl carbamates (subject to hydrolysis) is 1. The zero-order valence-corrected chi connectivity index (χ0v) is 27.8. The van der Waals surface area contributed by atoms with E-state index in [4.69, 9.17) is 9.47 Å². The fraction of sp³-hybridized carbons (Fsp3) is 0.618. The smallest absolute Gasteiger partial charge is 0.408 e. The number of rotatable bonds is 7. The Morgan fingerprint density at radius 3 is 2.58 bits per heavy atom. The van der Waals surface area contributed by atoms with Crippen LogP contribution in [0.25, 0.3) is 11.4 Å². The summed E-state index contributed by atoms with van der Waals surface area (Å²) in [6.45, 7) is 5.99. The maximum absolute atomic E-state index is 14.2. The number of carbonyl (C=O) groups is 4. The number of aromatic nitrogens is 4. The van der Waals surface area contributed by atoms with Gasteiger partial charge in [0.1, 0.15) is 29.0 Å². The highest BCUT2D eigenvalue weighted by Crippen LogP contribution is 2.45. The molecule has 0 radical (unpaired) electrons. The monoisotopic (exact) mass is 663 g/mol. The van der Waals surface area contributed by atoms with Crippen LogP contribution in [0, 0.1) is 11.8 Å². The van der Waals surface area contributed by atoms with Gasteiger partial charge in [-0.2, -0.15) is 4.80 Å². The number of amides is 3. The van der Waals surface area contributed by atoms with Gasteiger partial charge in [-0.05, 0) is 94.7 Å². The predicted molar refractivity (Wildman–Crippen MR) is 173 cm³/mol. The van der Waals surface area contributed by atoms with Crippen LogP contribution in [0.1, 0.15) is 84.6 Å². The molecular weight excluding hydrogens is 618 g/mol. The molecule has 2 saturated carbocycles.